The van der Waals surface area contributed by atoms with E-state index in [2.05, 4.69) is 40.2 Å². The molecule has 2 aromatic rings. The summed E-state index contributed by atoms with van der Waals surface area (Å²) in [6.07, 6.45) is 4.60. The quantitative estimate of drug-likeness (QED) is 0.856. The molecule has 1 aromatic heterocycles. The molecule has 1 aliphatic rings. The number of nitrogens with zero attached hydrogens (tertiary/aromatic N) is 2. The summed E-state index contributed by atoms with van der Waals surface area (Å²) < 4.78 is 2.16. The Morgan fingerprint density at radius 3 is 3.24 bits per heavy atom. The van der Waals surface area contributed by atoms with Crippen molar-refractivity contribution in [2.45, 2.75) is 26.3 Å². The molecule has 1 aliphatic heterocycles. The minimum Gasteiger partial charge on any atom is -0.316 e. The number of benzene rings is 1. The Labute approximate surface area is 102 Å². The summed E-state index contributed by atoms with van der Waals surface area (Å²) in [5.41, 5.74) is 2.57. The number of aryl methyl sites for hydroxylation is 1. The van der Waals surface area contributed by atoms with Crippen molar-refractivity contribution in [1.82, 2.24) is 15.1 Å². The maximum atomic E-state index is 4.52. The van der Waals surface area contributed by atoms with Gasteiger partial charge in [-0.2, -0.15) is 5.10 Å². The van der Waals surface area contributed by atoms with Crippen LogP contribution in [0, 0.1) is 12.8 Å². The minimum absolute atomic E-state index is 0.730. The Hall–Kier alpha value is -1.35. The Morgan fingerprint density at radius 1 is 1.47 bits per heavy atom. The van der Waals surface area contributed by atoms with Crippen molar-refractivity contribution >= 4 is 10.9 Å². The molecule has 0 saturated carbocycles. The van der Waals surface area contributed by atoms with Gasteiger partial charge >= 0.3 is 0 Å². The number of hydrogen-bond acceptors (Lipinski definition) is 2. The predicted octanol–water partition coefficient (Wildman–Crippen LogP) is 2.34. The highest BCUT2D eigenvalue weighted by atomic mass is 15.3. The third-order valence-corrected chi connectivity index (χ3v) is 3.63. The molecule has 3 nitrogen and oxygen atoms in total. The minimum atomic E-state index is 0.730. The monoisotopic (exact) mass is 229 g/mol. The average Bonchev–Trinajstić information content (AvgIpc) is 2.73. The standard InChI is InChI=1S/C14H19N3/c1-11-4-5-14-13(7-11)9-16-17(14)10-12-3-2-6-15-8-12/h4-5,7,9,12,15H,2-3,6,8,10H2,1H3. The Balaban J connectivity index is 1.84. The molecule has 0 radical (unpaired) electrons. The molecule has 2 heterocycles. The summed E-state index contributed by atoms with van der Waals surface area (Å²) in [7, 11) is 0. The van der Waals surface area contributed by atoms with Gasteiger partial charge < -0.3 is 5.32 Å². The number of fused-ring (bicyclic) bond motifs is 1. The van der Waals surface area contributed by atoms with E-state index in [0.29, 0.717) is 0 Å². The fraction of sp³-hybridized carbons (Fsp3) is 0.500. The van der Waals surface area contributed by atoms with Gasteiger partial charge in [-0.05, 0) is 50.9 Å². The van der Waals surface area contributed by atoms with Crippen molar-refractivity contribution in [3.8, 4) is 0 Å². The van der Waals surface area contributed by atoms with E-state index in [9.17, 15) is 0 Å². The number of piperidine rings is 1. The second-order valence-electron chi connectivity index (χ2n) is 5.10. The van der Waals surface area contributed by atoms with Crippen LogP contribution < -0.4 is 5.32 Å². The third-order valence-electron chi connectivity index (χ3n) is 3.63. The van der Waals surface area contributed by atoms with E-state index >= 15 is 0 Å². The average molecular weight is 229 g/mol. The lowest BCUT2D eigenvalue weighted by Crippen LogP contribution is -2.32. The lowest BCUT2D eigenvalue weighted by Gasteiger charge is -2.22. The van der Waals surface area contributed by atoms with Crippen molar-refractivity contribution in [2.24, 2.45) is 5.92 Å². The van der Waals surface area contributed by atoms with E-state index < -0.39 is 0 Å². The molecule has 1 N–H and O–H groups in total. The van der Waals surface area contributed by atoms with Gasteiger partial charge in [0.1, 0.15) is 0 Å². The fourth-order valence-corrected chi connectivity index (χ4v) is 2.68. The van der Waals surface area contributed by atoms with Gasteiger partial charge in [0.25, 0.3) is 0 Å². The van der Waals surface area contributed by atoms with Crippen molar-refractivity contribution in [3.05, 3.63) is 30.0 Å². The molecule has 90 valence electrons. The van der Waals surface area contributed by atoms with Crippen LogP contribution in [0.2, 0.25) is 0 Å². The second kappa shape index (κ2) is 4.49. The first-order valence-electron chi connectivity index (χ1n) is 6.46. The third kappa shape index (κ3) is 2.20. The van der Waals surface area contributed by atoms with E-state index in [1.54, 1.807) is 0 Å². The SMILES string of the molecule is Cc1ccc2c(cnn2CC2CCCNC2)c1. The molecule has 0 bridgehead atoms. The Kier molecular flexibility index (Phi) is 2.85. The molecule has 3 heteroatoms. The highest BCUT2D eigenvalue weighted by molar-refractivity contribution is 5.79. The van der Waals surface area contributed by atoms with Gasteiger partial charge in [-0.25, -0.2) is 0 Å². The number of rotatable bonds is 2. The largest absolute Gasteiger partial charge is 0.316 e. The normalized spacial score (nSPS) is 20.9. The maximum absolute atomic E-state index is 4.52. The van der Waals surface area contributed by atoms with Gasteiger partial charge in [-0.1, -0.05) is 11.6 Å². The second-order valence-corrected chi connectivity index (χ2v) is 5.10. The van der Waals surface area contributed by atoms with Crippen LogP contribution in [-0.2, 0) is 6.54 Å². The van der Waals surface area contributed by atoms with E-state index in [0.717, 1.165) is 19.0 Å². The molecule has 0 aliphatic carbocycles. The van der Waals surface area contributed by atoms with Gasteiger partial charge in [0.05, 0.1) is 11.7 Å². The molecule has 17 heavy (non-hydrogen) atoms. The summed E-state index contributed by atoms with van der Waals surface area (Å²) in [5.74, 6) is 0.730. The van der Waals surface area contributed by atoms with Crippen molar-refractivity contribution in [2.75, 3.05) is 13.1 Å². The molecule has 1 fully saturated rings. The summed E-state index contributed by atoms with van der Waals surface area (Å²) in [5, 5.41) is 9.24. The fourth-order valence-electron chi connectivity index (χ4n) is 2.68. The summed E-state index contributed by atoms with van der Waals surface area (Å²) >= 11 is 0. The molecular weight excluding hydrogens is 210 g/mol. The smallest absolute Gasteiger partial charge is 0.0682 e. The van der Waals surface area contributed by atoms with Crippen LogP contribution in [0.5, 0.6) is 0 Å². The van der Waals surface area contributed by atoms with E-state index in [1.807, 2.05) is 6.20 Å². The van der Waals surface area contributed by atoms with Gasteiger partial charge in [-0.3, -0.25) is 4.68 Å². The van der Waals surface area contributed by atoms with Crippen LogP contribution in [0.3, 0.4) is 0 Å². The topological polar surface area (TPSA) is 29.9 Å². The number of nitrogens with one attached hydrogen (secondary N) is 1. The van der Waals surface area contributed by atoms with Crippen LogP contribution in [-0.4, -0.2) is 22.9 Å². The Morgan fingerprint density at radius 2 is 2.41 bits per heavy atom. The maximum Gasteiger partial charge on any atom is 0.0682 e. The first-order chi connectivity index (χ1) is 8.33. The Bertz CT molecular complexity index is 509. The van der Waals surface area contributed by atoms with Crippen LogP contribution in [0.1, 0.15) is 18.4 Å². The number of aromatic nitrogens is 2. The molecule has 1 aromatic carbocycles. The predicted molar refractivity (Wildman–Crippen MR) is 70.1 cm³/mol. The van der Waals surface area contributed by atoms with Gasteiger partial charge in [0, 0.05) is 11.9 Å². The highest BCUT2D eigenvalue weighted by Gasteiger charge is 2.14. The zero-order valence-electron chi connectivity index (χ0n) is 10.3. The first-order valence-corrected chi connectivity index (χ1v) is 6.46. The molecule has 3 rings (SSSR count). The van der Waals surface area contributed by atoms with Crippen molar-refractivity contribution in [1.29, 1.82) is 0 Å². The molecule has 1 unspecified atom stereocenters. The van der Waals surface area contributed by atoms with Gasteiger partial charge in [0.2, 0.25) is 0 Å². The first kappa shape index (κ1) is 10.8. The molecule has 0 amide bonds. The van der Waals surface area contributed by atoms with E-state index in [-0.39, 0.29) is 0 Å². The summed E-state index contributed by atoms with van der Waals surface area (Å²) in [6.45, 7) is 5.48. The van der Waals surface area contributed by atoms with E-state index in [4.69, 9.17) is 0 Å². The van der Waals surface area contributed by atoms with E-state index in [1.165, 1.54) is 35.9 Å². The molecule has 1 atom stereocenters. The molecule has 1 saturated heterocycles. The van der Waals surface area contributed by atoms with Crippen LogP contribution in [0.15, 0.2) is 24.4 Å². The van der Waals surface area contributed by atoms with Gasteiger partial charge in [-0.15, -0.1) is 0 Å². The zero-order chi connectivity index (χ0) is 11.7. The lowest BCUT2D eigenvalue weighted by molar-refractivity contribution is 0.329. The highest BCUT2D eigenvalue weighted by Crippen LogP contribution is 2.18. The van der Waals surface area contributed by atoms with Crippen molar-refractivity contribution < 1.29 is 0 Å². The molecular formula is C14H19N3. The lowest BCUT2D eigenvalue weighted by atomic mass is 10.00. The number of hydrogen-bond donors (Lipinski definition) is 1. The summed E-state index contributed by atoms with van der Waals surface area (Å²) in [6, 6.07) is 6.56. The molecule has 0 spiro atoms. The van der Waals surface area contributed by atoms with Gasteiger partial charge in [0.15, 0.2) is 0 Å². The van der Waals surface area contributed by atoms with Crippen LogP contribution in [0.4, 0.5) is 0 Å². The zero-order valence-corrected chi connectivity index (χ0v) is 10.3. The van der Waals surface area contributed by atoms with Crippen LogP contribution in [0.25, 0.3) is 10.9 Å². The summed E-state index contributed by atoms with van der Waals surface area (Å²) in [4.78, 5) is 0. The van der Waals surface area contributed by atoms with Crippen molar-refractivity contribution in [3.63, 3.8) is 0 Å². The van der Waals surface area contributed by atoms with Crippen LogP contribution >= 0.6 is 0 Å².